The molecule has 1 aromatic heterocycles. The highest BCUT2D eigenvalue weighted by Gasteiger charge is 2.21. The first kappa shape index (κ1) is 24.8. The van der Waals surface area contributed by atoms with Gasteiger partial charge in [0.25, 0.3) is 10.0 Å². The van der Waals surface area contributed by atoms with E-state index in [4.69, 9.17) is 16.0 Å². The van der Waals surface area contributed by atoms with Gasteiger partial charge in [-0.2, -0.15) is 0 Å². The van der Waals surface area contributed by atoms with Crippen molar-refractivity contribution in [1.82, 2.24) is 10.2 Å². The molecule has 0 saturated carbocycles. The molecule has 1 fully saturated rings. The van der Waals surface area contributed by atoms with Gasteiger partial charge in [0, 0.05) is 43.2 Å². The van der Waals surface area contributed by atoms with Gasteiger partial charge < -0.3 is 9.73 Å². The van der Waals surface area contributed by atoms with E-state index in [9.17, 15) is 8.42 Å². The van der Waals surface area contributed by atoms with Gasteiger partial charge in [0.2, 0.25) is 0 Å². The Bertz CT molecular complexity index is 1100. The Morgan fingerprint density at radius 3 is 2.73 bits per heavy atom. The van der Waals surface area contributed by atoms with Crippen LogP contribution >= 0.6 is 36.4 Å². The minimum absolute atomic E-state index is 0. The number of piperazine rings is 1. The van der Waals surface area contributed by atoms with Gasteiger partial charge in [0.1, 0.15) is 10.5 Å². The Balaban J connectivity index is 0.00000160. The summed E-state index contributed by atoms with van der Waals surface area (Å²) in [7, 11) is -3.79. The Hall–Kier alpha value is -1.48. The number of furan rings is 1. The van der Waals surface area contributed by atoms with E-state index >= 15 is 0 Å². The molecule has 2 N–H and O–H groups in total. The number of nitrogens with one attached hydrogen (secondary N) is 2. The number of nitrogens with zero attached hydrogens (tertiary/aromatic N) is 1. The third-order valence-corrected chi connectivity index (χ3v) is 6.73. The van der Waals surface area contributed by atoms with Crippen LogP contribution in [0.3, 0.4) is 0 Å². The number of rotatable bonds is 5. The van der Waals surface area contributed by atoms with Crippen molar-refractivity contribution in [3.63, 3.8) is 0 Å². The van der Waals surface area contributed by atoms with Gasteiger partial charge in [-0.25, -0.2) is 8.42 Å². The molecule has 164 valence electrons. The quantitative estimate of drug-likeness (QED) is 0.547. The van der Waals surface area contributed by atoms with Crippen LogP contribution in [-0.4, -0.2) is 39.0 Å². The van der Waals surface area contributed by atoms with E-state index in [1.807, 2.05) is 12.1 Å². The molecule has 2 aromatic carbocycles. The molecule has 6 nitrogen and oxygen atoms in total. The van der Waals surface area contributed by atoms with Gasteiger partial charge in [-0.1, -0.05) is 23.7 Å². The SMILES string of the molecule is CC1CN(Cc2cc(NS(=O)(=O)c3ccccc3Cl)cc3ccoc23)CCN1.Cl.Cl. The number of fused-ring (bicyclic) bond motifs is 1. The van der Waals surface area contributed by atoms with Crippen LogP contribution in [0, 0.1) is 0 Å². The van der Waals surface area contributed by atoms with Crippen molar-refractivity contribution < 1.29 is 12.8 Å². The van der Waals surface area contributed by atoms with Gasteiger partial charge in [0.05, 0.1) is 17.0 Å². The number of anilines is 1. The van der Waals surface area contributed by atoms with E-state index in [1.54, 1.807) is 30.5 Å². The van der Waals surface area contributed by atoms with Gasteiger partial charge in [-0.05, 0) is 37.3 Å². The zero-order valence-corrected chi connectivity index (χ0v) is 19.5. The molecule has 4 rings (SSSR count). The van der Waals surface area contributed by atoms with Crippen LogP contribution in [0.2, 0.25) is 5.02 Å². The standard InChI is InChI=1S/C20H22ClN3O3S.2ClH/c1-14-12-24(8-7-22-14)13-16-11-17(10-15-6-9-27-20(15)16)23-28(25,26)19-5-3-2-4-18(19)21;;/h2-6,9-11,14,22-23H,7-8,12-13H2,1H3;2*1H. The first-order valence-electron chi connectivity index (χ1n) is 9.15. The van der Waals surface area contributed by atoms with Gasteiger partial charge >= 0.3 is 0 Å². The zero-order valence-electron chi connectivity index (χ0n) is 16.3. The molecule has 30 heavy (non-hydrogen) atoms. The van der Waals surface area contributed by atoms with Crippen molar-refractivity contribution in [2.75, 3.05) is 24.4 Å². The number of benzene rings is 2. The summed E-state index contributed by atoms with van der Waals surface area (Å²) in [6.45, 7) is 5.64. The summed E-state index contributed by atoms with van der Waals surface area (Å²) < 4.78 is 33.9. The van der Waals surface area contributed by atoms with Gasteiger partial charge in [-0.3, -0.25) is 9.62 Å². The predicted molar refractivity (Wildman–Crippen MR) is 126 cm³/mol. The minimum Gasteiger partial charge on any atom is -0.464 e. The number of hydrogen-bond acceptors (Lipinski definition) is 5. The highest BCUT2D eigenvalue weighted by Crippen LogP contribution is 2.29. The molecule has 3 aromatic rings. The average molecular weight is 493 g/mol. The summed E-state index contributed by atoms with van der Waals surface area (Å²) in [4.78, 5) is 2.39. The lowest BCUT2D eigenvalue weighted by atomic mass is 10.1. The molecule has 0 spiro atoms. The van der Waals surface area contributed by atoms with Gasteiger partial charge in [-0.15, -0.1) is 24.8 Å². The molecule has 1 atom stereocenters. The summed E-state index contributed by atoms with van der Waals surface area (Å²) >= 11 is 6.08. The highest BCUT2D eigenvalue weighted by atomic mass is 35.5. The summed E-state index contributed by atoms with van der Waals surface area (Å²) in [5, 5.41) is 4.47. The van der Waals surface area contributed by atoms with Crippen molar-refractivity contribution >= 4 is 63.1 Å². The van der Waals surface area contributed by atoms with Crippen molar-refractivity contribution in [2.45, 2.75) is 24.4 Å². The average Bonchev–Trinajstić information content (AvgIpc) is 3.10. The Kier molecular flexibility index (Phi) is 8.44. The fourth-order valence-electron chi connectivity index (χ4n) is 3.60. The van der Waals surface area contributed by atoms with Crippen LogP contribution in [0.15, 0.2) is 58.0 Å². The molecular formula is C20H24Cl3N3O3S. The summed E-state index contributed by atoms with van der Waals surface area (Å²) in [6, 6.07) is 12.3. The Morgan fingerprint density at radius 1 is 1.23 bits per heavy atom. The molecule has 0 aliphatic carbocycles. The van der Waals surface area contributed by atoms with Crippen LogP contribution in [0.4, 0.5) is 5.69 Å². The van der Waals surface area contributed by atoms with E-state index in [0.717, 1.165) is 36.2 Å². The number of hydrogen-bond donors (Lipinski definition) is 2. The fourth-order valence-corrected chi connectivity index (χ4v) is 5.16. The molecule has 1 aliphatic heterocycles. The zero-order chi connectivity index (χ0) is 19.7. The second kappa shape index (κ2) is 10.2. The van der Waals surface area contributed by atoms with Crippen LogP contribution in [0.5, 0.6) is 0 Å². The molecule has 0 amide bonds. The molecule has 2 heterocycles. The summed E-state index contributed by atoms with van der Waals surface area (Å²) in [5.74, 6) is 0. The molecule has 1 aliphatic rings. The van der Waals surface area contributed by atoms with E-state index in [2.05, 4.69) is 21.9 Å². The van der Waals surface area contributed by atoms with Crippen LogP contribution < -0.4 is 10.0 Å². The summed E-state index contributed by atoms with van der Waals surface area (Å²) in [5.41, 5.74) is 2.23. The van der Waals surface area contributed by atoms with Crippen molar-refractivity contribution in [1.29, 1.82) is 0 Å². The molecular weight excluding hydrogens is 469 g/mol. The lowest BCUT2D eigenvalue weighted by Gasteiger charge is -2.31. The maximum absolute atomic E-state index is 12.8. The number of sulfonamides is 1. The third-order valence-electron chi connectivity index (χ3n) is 4.85. The monoisotopic (exact) mass is 491 g/mol. The Labute approximate surface area is 193 Å². The fraction of sp³-hybridized carbons (Fsp3) is 0.300. The smallest absolute Gasteiger partial charge is 0.263 e. The highest BCUT2D eigenvalue weighted by molar-refractivity contribution is 7.92. The topological polar surface area (TPSA) is 74.6 Å². The van der Waals surface area contributed by atoms with Crippen LogP contribution in [-0.2, 0) is 16.6 Å². The molecule has 1 saturated heterocycles. The lowest BCUT2D eigenvalue weighted by Crippen LogP contribution is -2.48. The van der Waals surface area contributed by atoms with E-state index in [-0.39, 0.29) is 34.7 Å². The summed E-state index contributed by atoms with van der Waals surface area (Å²) in [6.07, 6.45) is 1.63. The largest absolute Gasteiger partial charge is 0.464 e. The second-order valence-corrected chi connectivity index (χ2v) is 9.16. The van der Waals surface area contributed by atoms with Crippen LogP contribution in [0.25, 0.3) is 11.0 Å². The van der Waals surface area contributed by atoms with Crippen LogP contribution in [0.1, 0.15) is 12.5 Å². The Morgan fingerprint density at radius 2 is 2.00 bits per heavy atom. The van der Waals surface area contributed by atoms with Gasteiger partial charge in [0.15, 0.2) is 0 Å². The first-order chi connectivity index (χ1) is 13.4. The maximum Gasteiger partial charge on any atom is 0.263 e. The lowest BCUT2D eigenvalue weighted by molar-refractivity contribution is 0.200. The maximum atomic E-state index is 12.8. The minimum atomic E-state index is -3.79. The van der Waals surface area contributed by atoms with Crippen molar-refractivity contribution in [3.05, 3.63) is 59.3 Å². The third kappa shape index (κ3) is 5.41. The van der Waals surface area contributed by atoms with E-state index in [0.29, 0.717) is 18.3 Å². The molecule has 1 unspecified atom stereocenters. The number of halogens is 3. The van der Waals surface area contributed by atoms with E-state index < -0.39 is 10.0 Å². The molecule has 10 heteroatoms. The molecule has 0 radical (unpaired) electrons. The van der Waals surface area contributed by atoms with Crippen molar-refractivity contribution in [3.8, 4) is 0 Å². The molecule has 0 bridgehead atoms. The normalized spacial score (nSPS) is 17.2. The van der Waals surface area contributed by atoms with E-state index in [1.165, 1.54) is 6.07 Å². The first-order valence-corrected chi connectivity index (χ1v) is 11.0. The van der Waals surface area contributed by atoms with Crippen molar-refractivity contribution in [2.24, 2.45) is 0 Å². The second-order valence-electron chi connectivity index (χ2n) is 7.10. The predicted octanol–water partition coefficient (Wildman–Crippen LogP) is 4.52.